The first-order valence-corrected chi connectivity index (χ1v) is 7.30. The molecule has 0 aliphatic heterocycles. The van der Waals surface area contributed by atoms with Crippen LogP contribution in [0.4, 0.5) is 5.69 Å². The molecule has 0 saturated carbocycles. The van der Waals surface area contributed by atoms with E-state index >= 15 is 0 Å². The number of benzene rings is 2. The molecule has 0 atom stereocenters. The number of methoxy groups -OCH3 is 1. The molecule has 23 heavy (non-hydrogen) atoms. The van der Waals surface area contributed by atoms with Crippen LogP contribution in [0.1, 0.15) is 10.4 Å². The number of nitrogens with one attached hydrogen (secondary N) is 1. The smallest absolute Gasteiger partial charge is 0.262 e. The van der Waals surface area contributed by atoms with Crippen molar-refractivity contribution in [2.75, 3.05) is 19.0 Å². The summed E-state index contributed by atoms with van der Waals surface area (Å²) in [5.74, 6) is 0.400. The van der Waals surface area contributed by atoms with Gasteiger partial charge in [-0.15, -0.1) is 0 Å². The van der Waals surface area contributed by atoms with Crippen LogP contribution in [0.5, 0.6) is 11.5 Å². The van der Waals surface area contributed by atoms with Gasteiger partial charge < -0.3 is 14.8 Å². The zero-order valence-electron chi connectivity index (χ0n) is 12.1. The van der Waals surface area contributed by atoms with Crippen molar-refractivity contribution in [1.82, 2.24) is 0 Å². The second kappa shape index (κ2) is 7.85. The Labute approximate surface area is 143 Å². The molecule has 2 rings (SSSR count). The summed E-state index contributed by atoms with van der Waals surface area (Å²) >= 11 is 11.8. The van der Waals surface area contributed by atoms with E-state index in [0.717, 1.165) is 0 Å². The Kier molecular flexibility index (Phi) is 5.84. The third-order valence-electron chi connectivity index (χ3n) is 2.91. The molecule has 1 amide bonds. The standard InChI is InChI=1S/C16H13Cl2NO4/c1-22-12-3-5-15(10(6-12)8-20)23-9-16(21)19-14-4-2-11(17)7-13(14)18/h2-8H,9H2,1H3,(H,19,21). The van der Waals surface area contributed by atoms with E-state index in [-0.39, 0.29) is 12.4 Å². The average Bonchev–Trinajstić information content (AvgIpc) is 2.55. The predicted molar refractivity (Wildman–Crippen MR) is 89.0 cm³/mol. The summed E-state index contributed by atoms with van der Waals surface area (Å²) in [7, 11) is 1.49. The van der Waals surface area contributed by atoms with Crippen LogP contribution in [0.25, 0.3) is 0 Å². The number of halogens is 2. The molecular weight excluding hydrogens is 341 g/mol. The van der Waals surface area contributed by atoms with Gasteiger partial charge in [-0.3, -0.25) is 9.59 Å². The Morgan fingerprint density at radius 1 is 1.22 bits per heavy atom. The van der Waals surface area contributed by atoms with Crippen LogP contribution in [-0.4, -0.2) is 25.9 Å². The van der Waals surface area contributed by atoms with Crippen molar-refractivity contribution in [2.24, 2.45) is 0 Å². The number of carbonyl (C=O) groups excluding carboxylic acids is 2. The summed E-state index contributed by atoms with van der Waals surface area (Å²) in [6.45, 7) is -0.272. The van der Waals surface area contributed by atoms with E-state index in [1.54, 1.807) is 24.3 Å². The molecule has 120 valence electrons. The van der Waals surface area contributed by atoms with E-state index < -0.39 is 5.91 Å². The summed E-state index contributed by atoms with van der Waals surface area (Å²) in [5.41, 5.74) is 0.719. The third-order valence-corrected chi connectivity index (χ3v) is 3.46. The Morgan fingerprint density at radius 2 is 2.00 bits per heavy atom. The zero-order valence-corrected chi connectivity index (χ0v) is 13.6. The lowest BCUT2D eigenvalue weighted by Crippen LogP contribution is -2.20. The maximum atomic E-state index is 11.9. The molecule has 1 N–H and O–H groups in total. The normalized spacial score (nSPS) is 10.0. The van der Waals surface area contributed by atoms with Crippen molar-refractivity contribution in [3.8, 4) is 11.5 Å². The van der Waals surface area contributed by atoms with Gasteiger partial charge in [0.2, 0.25) is 0 Å². The average molecular weight is 354 g/mol. The van der Waals surface area contributed by atoms with Gasteiger partial charge in [0.25, 0.3) is 5.91 Å². The minimum Gasteiger partial charge on any atom is -0.497 e. The number of hydrogen-bond acceptors (Lipinski definition) is 4. The van der Waals surface area contributed by atoms with E-state index in [4.69, 9.17) is 32.7 Å². The quantitative estimate of drug-likeness (QED) is 0.801. The molecule has 0 heterocycles. The highest BCUT2D eigenvalue weighted by molar-refractivity contribution is 6.36. The molecule has 0 radical (unpaired) electrons. The van der Waals surface area contributed by atoms with Crippen LogP contribution in [0.3, 0.4) is 0 Å². The van der Waals surface area contributed by atoms with Crippen molar-refractivity contribution in [1.29, 1.82) is 0 Å². The van der Waals surface area contributed by atoms with Crippen molar-refractivity contribution < 1.29 is 19.1 Å². The third kappa shape index (κ3) is 4.61. The summed E-state index contributed by atoms with van der Waals surface area (Å²) in [6, 6.07) is 9.44. The highest BCUT2D eigenvalue weighted by Crippen LogP contribution is 2.26. The second-order valence-corrected chi connectivity index (χ2v) is 5.33. The molecular formula is C16H13Cl2NO4. The van der Waals surface area contributed by atoms with Crippen LogP contribution in [0, 0.1) is 0 Å². The lowest BCUT2D eigenvalue weighted by molar-refractivity contribution is -0.118. The molecule has 0 saturated heterocycles. The van der Waals surface area contributed by atoms with Gasteiger partial charge in [-0.2, -0.15) is 0 Å². The van der Waals surface area contributed by atoms with Gasteiger partial charge in [0.05, 0.1) is 23.4 Å². The number of anilines is 1. The Balaban J connectivity index is 2.00. The van der Waals surface area contributed by atoms with Gasteiger partial charge in [0.15, 0.2) is 12.9 Å². The van der Waals surface area contributed by atoms with Gasteiger partial charge in [0, 0.05) is 5.02 Å². The van der Waals surface area contributed by atoms with E-state index in [9.17, 15) is 9.59 Å². The molecule has 0 fully saturated rings. The molecule has 0 aliphatic carbocycles. The van der Waals surface area contributed by atoms with Gasteiger partial charge in [0.1, 0.15) is 11.5 Å². The Hall–Kier alpha value is -2.24. The summed E-state index contributed by atoms with van der Waals surface area (Å²) in [4.78, 5) is 22.9. The molecule has 0 bridgehead atoms. The fourth-order valence-electron chi connectivity index (χ4n) is 1.80. The monoisotopic (exact) mass is 353 g/mol. The molecule has 2 aromatic rings. The molecule has 5 nitrogen and oxygen atoms in total. The minimum absolute atomic E-state index is 0.272. The summed E-state index contributed by atoms with van der Waals surface area (Å²) < 4.78 is 10.4. The number of ether oxygens (including phenoxy) is 2. The SMILES string of the molecule is COc1ccc(OCC(=O)Nc2ccc(Cl)cc2Cl)c(C=O)c1. The van der Waals surface area contributed by atoms with Crippen molar-refractivity contribution in [3.63, 3.8) is 0 Å². The van der Waals surface area contributed by atoms with Crippen LogP contribution in [0.2, 0.25) is 10.0 Å². The maximum absolute atomic E-state index is 11.9. The lowest BCUT2D eigenvalue weighted by atomic mass is 10.2. The van der Waals surface area contributed by atoms with Gasteiger partial charge in [-0.05, 0) is 36.4 Å². The first kappa shape index (κ1) is 17.1. The molecule has 7 heteroatoms. The Morgan fingerprint density at radius 3 is 2.65 bits per heavy atom. The highest BCUT2D eigenvalue weighted by Gasteiger charge is 2.10. The van der Waals surface area contributed by atoms with Gasteiger partial charge >= 0.3 is 0 Å². The van der Waals surface area contributed by atoms with E-state index in [0.29, 0.717) is 33.3 Å². The summed E-state index contributed by atoms with van der Waals surface area (Å²) in [5, 5.41) is 3.39. The van der Waals surface area contributed by atoms with Crippen LogP contribution >= 0.6 is 23.2 Å². The lowest BCUT2D eigenvalue weighted by Gasteiger charge is -2.11. The van der Waals surface area contributed by atoms with Crippen molar-refractivity contribution in [3.05, 3.63) is 52.0 Å². The van der Waals surface area contributed by atoms with Crippen LogP contribution in [-0.2, 0) is 4.79 Å². The number of amides is 1. The maximum Gasteiger partial charge on any atom is 0.262 e. The molecule has 0 aliphatic rings. The largest absolute Gasteiger partial charge is 0.497 e. The first-order chi connectivity index (χ1) is 11.0. The van der Waals surface area contributed by atoms with Crippen molar-refractivity contribution in [2.45, 2.75) is 0 Å². The zero-order chi connectivity index (χ0) is 16.8. The topological polar surface area (TPSA) is 64.6 Å². The van der Waals surface area contributed by atoms with Crippen molar-refractivity contribution >= 4 is 41.1 Å². The van der Waals surface area contributed by atoms with E-state index in [2.05, 4.69) is 5.32 Å². The second-order valence-electron chi connectivity index (χ2n) is 4.48. The number of hydrogen-bond donors (Lipinski definition) is 1. The molecule has 2 aromatic carbocycles. The summed E-state index contributed by atoms with van der Waals surface area (Å²) in [6.07, 6.45) is 0.631. The Bertz CT molecular complexity index is 734. The molecule has 0 aromatic heterocycles. The molecule has 0 spiro atoms. The van der Waals surface area contributed by atoms with Crippen LogP contribution < -0.4 is 14.8 Å². The number of aldehydes is 1. The van der Waals surface area contributed by atoms with Crippen LogP contribution in [0.15, 0.2) is 36.4 Å². The number of carbonyl (C=O) groups is 2. The van der Waals surface area contributed by atoms with E-state index in [1.807, 2.05) is 0 Å². The first-order valence-electron chi connectivity index (χ1n) is 6.54. The predicted octanol–water partition coefficient (Wildman–Crippen LogP) is 3.83. The number of rotatable bonds is 6. The van der Waals surface area contributed by atoms with E-state index in [1.165, 1.54) is 19.2 Å². The fourth-order valence-corrected chi connectivity index (χ4v) is 2.25. The van der Waals surface area contributed by atoms with Gasteiger partial charge in [-0.25, -0.2) is 0 Å². The highest BCUT2D eigenvalue weighted by atomic mass is 35.5. The molecule has 0 unspecified atom stereocenters. The fraction of sp³-hybridized carbons (Fsp3) is 0.125. The minimum atomic E-state index is -0.415. The van der Waals surface area contributed by atoms with Gasteiger partial charge in [-0.1, -0.05) is 23.2 Å².